The summed E-state index contributed by atoms with van der Waals surface area (Å²) >= 11 is 0. The zero-order chi connectivity index (χ0) is 8.65. The lowest BCUT2D eigenvalue weighted by molar-refractivity contribution is 0.391. The minimum absolute atomic E-state index is 0.0422. The number of rotatable bonds is 3. The van der Waals surface area contributed by atoms with E-state index in [2.05, 4.69) is 0 Å². The molecule has 0 amide bonds. The lowest BCUT2D eigenvalue weighted by Gasteiger charge is -2.20. The van der Waals surface area contributed by atoms with E-state index >= 15 is 0 Å². The Morgan fingerprint density at radius 3 is 2.09 bits per heavy atom. The number of nitrogens with zero attached hydrogens (tertiary/aromatic N) is 2. The minimum atomic E-state index is -3.10. The van der Waals surface area contributed by atoms with Crippen LogP contribution in [-0.4, -0.2) is 43.2 Å². The average molecular weight is 178 g/mol. The zero-order valence-corrected chi connectivity index (χ0v) is 7.93. The van der Waals surface area contributed by atoms with Crippen LogP contribution >= 0.6 is 0 Å². The third kappa shape index (κ3) is 1.72. The fraction of sp³-hybridized carbons (Fsp3) is 1.00. The number of hydrogen-bond acceptors (Lipinski definition) is 2. The Hall–Kier alpha value is -0.130. The van der Waals surface area contributed by atoms with Gasteiger partial charge in [0.1, 0.15) is 0 Å². The molecular weight excluding hydrogens is 164 g/mol. The maximum absolute atomic E-state index is 11.4. The molecule has 1 saturated heterocycles. The first kappa shape index (κ1) is 8.96. The first-order valence-electron chi connectivity index (χ1n) is 3.69. The van der Waals surface area contributed by atoms with Crippen molar-refractivity contribution in [3.8, 4) is 0 Å². The van der Waals surface area contributed by atoms with E-state index in [-0.39, 0.29) is 6.04 Å². The summed E-state index contributed by atoms with van der Waals surface area (Å²) in [5.74, 6) is 0. The maximum atomic E-state index is 11.4. The van der Waals surface area contributed by atoms with Gasteiger partial charge >= 0.3 is 0 Å². The fourth-order valence-corrected chi connectivity index (χ4v) is 2.16. The highest BCUT2D eigenvalue weighted by Gasteiger charge is 2.35. The van der Waals surface area contributed by atoms with E-state index in [1.54, 1.807) is 7.05 Å². The summed E-state index contributed by atoms with van der Waals surface area (Å²) in [7, 11) is -1.49. The van der Waals surface area contributed by atoms with E-state index < -0.39 is 10.2 Å². The van der Waals surface area contributed by atoms with Gasteiger partial charge in [-0.25, -0.2) is 0 Å². The van der Waals surface area contributed by atoms with Gasteiger partial charge in [-0.15, -0.1) is 0 Å². The molecule has 1 aliphatic heterocycles. The first-order chi connectivity index (χ1) is 4.96. The maximum Gasteiger partial charge on any atom is 0.282 e. The molecule has 0 spiro atoms. The van der Waals surface area contributed by atoms with Gasteiger partial charge in [0, 0.05) is 26.2 Å². The van der Waals surface area contributed by atoms with E-state index in [9.17, 15) is 8.42 Å². The lowest BCUT2D eigenvalue weighted by Crippen LogP contribution is -2.37. The zero-order valence-electron chi connectivity index (χ0n) is 7.11. The molecule has 0 N–H and O–H groups in total. The Balaban J connectivity index is 2.71. The van der Waals surface area contributed by atoms with Crippen LogP contribution in [0, 0.1) is 0 Å². The quantitative estimate of drug-likeness (QED) is 0.566. The van der Waals surface area contributed by atoms with Crippen LogP contribution < -0.4 is 0 Å². The van der Waals surface area contributed by atoms with Crippen LogP contribution in [0.5, 0.6) is 0 Å². The molecule has 1 aliphatic rings. The molecule has 0 atom stereocenters. The second kappa shape index (κ2) is 2.73. The molecular formula is C6H14N2O2S. The standard InChI is InChI=1S/C6H14N2O2S/c1-6(2)7(3)11(9,10)8-4-5-8/h6H,4-5H2,1-3H3. The largest absolute Gasteiger partial charge is 0.282 e. The van der Waals surface area contributed by atoms with Gasteiger partial charge in [-0.05, 0) is 13.8 Å². The molecule has 0 aromatic carbocycles. The minimum Gasteiger partial charge on any atom is -0.195 e. The Bertz CT molecular complexity index is 231. The van der Waals surface area contributed by atoms with Crippen molar-refractivity contribution in [3.63, 3.8) is 0 Å². The Labute approximate surface area is 68.0 Å². The predicted octanol–water partition coefficient (Wildman–Crippen LogP) is -0.113. The average Bonchev–Trinajstić information content (AvgIpc) is 2.66. The van der Waals surface area contributed by atoms with Crippen LogP contribution in [0.1, 0.15) is 13.8 Å². The van der Waals surface area contributed by atoms with Crippen molar-refractivity contribution >= 4 is 10.2 Å². The van der Waals surface area contributed by atoms with E-state index in [4.69, 9.17) is 0 Å². The van der Waals surface area contributed by atoms with Crippen molar-refractivity contribution in [1.82, 2.24) is 8.61 Å². The summed E-state index contributed by atoms with van der Waals surface area (Å²) in [5.41, 5.74) is 0. The first-order valence-corrected chi connectivity index (χ1v) is 5.09. The molecule has 0 saturated carbocycles. The fourth-order valence-electron chi connectivity index (χ4n) is 0.720. The second-order valence-corrected chi connectivity index (χ2v) is 5.00. The highest BCUT2D eigenvalue weighted by molar-refractivity contribution is 7.87. The Morgan fingerprint density at radius 1 is 1.36 bits per heavy atom. The smallest absolute Gasteiger partial charge is 0.195 e. The summed E-state index contributed by atoms with van der Waals surface area (Å²) in [6.45, 7) is 5.08. The summed E-state index contributed by atoms with van der Waals surface area (Å²) in [4.78, 5) is 0. The van der Waals surface area contributed by atoms with Gasteiger partial charge in [-0.2, -0.15) is 17.0 Å². The molecule has 1 heterocycles. The number of hydrogen-bond donors (Lipinski definition) is 0. The summed E-state index contributed by atoms with van der Waals surface area (Å²) in [6, 6.07) is 0.0422. The van der Waals surface area contributed by atoms with Crippen molar-refractivity contribution < 1.29 is 8.42 Å². The van der Waals surface area contributed by atoms with Gasteiger partial charge in [0.15, 0.2) is 0 Å². The third-order valence-electron chi connectivity index (χ3n) is 1.82. The van der Waals surface area contributed by atoms with Crippen molar-refractivity contribution in [1.29, 1.82) is 0 Å². The SMILES string of the molecule is CC(C)N(C)S(=O)(=O)N1CC1. The van der Waals surface area contributed by atoms with E-state index in [0.29, 0.717) is 13.1 Å². The Kier molecular flexibility index (Phi) is 2.22. The summed E-state index contributed by atoms with van der Waals surface area (Å²) in [5, 5.41) is 0. The predicted molar refractivity (Wildman–Crippen MR) is 43.4 cm³/mol. The van der Waals surface area contributed by atoms with Crippen LogP contribution in [0.2, 0.25) is 0 Å². The molecule has 11 heavy (non-hydrogen) atoms. The van der Waals surface area contributed by atoms with Crippen LogP contribution in [0.4, 0.5) is 0 Å². The normalized spacial score (nSPS) is 19.7. The monoisotopic (exact) mass is 178 g/mol. The molecule has 0 aromatic rings. The van der Waals surface area contributed by atoms with Crippen molar-refractivity contribution in [2.24, 2.45) is 0 Å². The third-order valence-corrected chi connectivity index (χ3v) is 3.99. The van der Waals surface area contributed by atoms with Crippen LogP contribution in [0.25, 0.3) is 0 Å². The molecule has 0 aromatic heterocycles. The van der Waals surface area contributed by atoms with E-state index in [0.717, 1.165) is 0 Å². The molecule has 66 valence electrons. The second-order valence-electron chi connectivity index (χ2n) is 3.02. The molecule has 1 rings (SSSR count). The van der Waals surface area contributed by atoms with Crippen molar-refractivity contribution in [2.45, 2.75) is 19.9 Å². The van der Waals surface area contributed by atoms with Gasteiger partial charge in [0.25, 0.3) is 10.2 Å². The van der Waals surface area contributed by atoms with Gasteiger partial charge in [-0.3, -0.25) is 0 Å². The topological polar surface area (TPSA) is 40.4 Å². The van der Waals surface area contributed by atoms with Gasteiger partial charge < -0.3 is 0 Å². The van der Waals surface area contributed by atoms with Crippen LogP contribution in [0.15, 0.2) is 0 Å². The van der Waals surface area contributed by atoms with Crippen molar-refractivity contribution in [3.05, 3.63) is 0 Å². The molecule has 0 aliphatic carbocycles. The van der Waals surface area contributed by atoms with Gasteiger partial charge in [0.05, 0.1) is 0 Å². The van der Waals surface area contributed by atoms with E-state index in [1.807, 2.05) is 13.8 Å². The molecule has 5 heteroatoms. The van der Waals surface area contributed by atoms with E-state index in [1.165, 1.54) is 8.61 Å². The molecule has 0 radical (unpaired) electrons. The molecule has 4 nitrogen and oxygen atoms in total. The lowest BCUT2D eigenvalue weighted by atomic mass is 10.4. The van der Waals surface area contributed by atoms with Gasteiger partial charge in [-0.1, -0.05) is 0 Å². The van der Waals surface area contributed by atoms with Crippen LogP contribution in [-0.2, 0) is 10.2 Å². The van der Waals surface area contributed by atoms with Crippen molar-refractivity contribution in [2.75, 3.05) is 20.1 Å². The summed E-state index contributed by atoms with van der Waals surface area (Å²) in [6.07, 6.45) is 0. The Morgan fingerprint density at radius 2 is 1.82 bits per heavy atom. The highest BCUT2D eigenvalue weighted by atomic mass is 32.2. The summed E-state index contributed by atoms with van der Waals surface area (Å²) < 4.78 is 25.6. The highest BCUT2D eigenvalue weighted by Crippen LogP contribution is 2.16. The molecule has 0 unspecified atom stereocenters. The molecule has 1 fully saturated rings. The van der Waals surface area contributed by atoms with Gasteiger partial charge in [0.2, 0.25) is 0 Å². The van der Waals surface area contributed by atoms with Crippen LogP contribution in [0.3, 0.4) is 0 Å². The molecule has 0 bridgehead atoms.